The van der Waals surface area contributed by atoms with Crippen LogP contribution in [0.1, 0.15) is 12.8 Å². The van der Waals surface area contributed by atoms with Crippen LogP contribution in [0.3, 0.4) is 0 Å². The summed E-state index contributed by atoms with van der Waals surface area (Å²) >= 11 is 0. The first-order chi connectivity index (χ1) is 11.0. The maximum atomic E-state index is 13.0. The Hall–Kier alpha value is -1.92. The van der Waals surface area contributed by atoms with Crippen LogP contribution >= 0.6 is 0 Å². The summed E-state index contributed by atoms with van der Waals surface area (Å²) in [5.74, 6) is 0.0330. The van der Waals surface area contributed by atoms with Crippen molar-refractivity contribution in [3.8, 4) is 5.75 Å². The molecule has 1 saturated heterocycles. The molecule has 2 aromatic rings. The van der Waals surface area contributed by atoms with Crippen molar-refractivity contribution >= 4 is 9.84 Å². The lowest BCUT2D eigenvalue weighted by Crippen LogP contribution is -2.43. The average Bonchev–Trinajstić information content (AvgIpc) is 3.06. The van der Waals surface area contributed by atoms with Crippen molar-refractivity contribution in [2.75, 3.05) is 13.2 Å². The summed E-state index contributed by atoms with van der Waals surface area (Å²) in [6.45, 7) is 0.245. The van der Waals surface area contributed by atoms with E-state index in [9.17, 15) is 12.8 Å². The zero-order chi connectivity index (χ0) is 16.3. The van der Waals surface area contributed by atoms with E-state index in [1.807, 2.05) is 0 Å². The van der Waals surface area contributed by atoms with Crippen molar-refractivity contribution in [2.45, 2.75) is 22.7 Å². The Morgan fingerprint density at radius 3 is 2.39 bits per heavy atom. The molecule has 23 heavy (non-hydrogen) atoms. The van der Waals surface area contributed by atoms with E-state index in [0.717, 1.165) is 0 Å². The molecular weight excluding hydrogens is 319 g/mol. The molecule has 1 atom stereocenters. The molecule has 2 aromatic carbocycles. The van der Waals surface area contributed by atoms with Gasteiger partial charge in [-0.3, -0.25) is 0 Å². The van der Waals surface area contributed by atoms with E-state index in [-0.39, 0.29) is 17.3 Å². The lowest BCUT2D eigenvalue weighted by molar-refractivity contribution is 0.0325. The summed E-state index contributed by atoms with van der Waals surface area (Å²) < 4.78 is 50.1. The first kappa shape index (κ1) is 16.0. The average molecular weight is 336 g/mol. The highest BCUT2D eigenvalue weighted by molar-refractivity contribution is 7.92. The fourth-order valence-electron chi connectivity index (χ4n) is 2.61. The number of sulfone groups is 1. The van der Waals surface area contributed by atoms with Crippen LogP contribution in [0.5, 0.6) is 5.75 Å². The molecule has 1 fully saturated rings. The van der Waals surface area contributed by atoms with Crippen LogP contribution in [0.4, 0.5) is 4.39 Å². The third kappa shape index (κ3) is 3.09. The molecule has 0 aliphatic carbocycles. The second kappa shape index (κ2) is 6.29. The van der Waals surface area contributed by atoms with E-state index in [4.69, 9.17) is 9.47 Å². The number of ether oxygens (including phenoxy) is 2. The second-order valence-corrected chi connectivity index (χ2v) is 7.64. The molecule has 1 aliphatic rings. The maximum Gasteiger partial charge on any atom is 0.211 e. The van der Waals surface area contributed by atoms with Gasteiger partial charge >= 0.3 is 0 Å². The summed E-state index contributed by atoms with van der Waals surface area (Å²) in [6, 6.07) is 13.7. The van der Waals surface area contributed by atoms with Gasteiger partial charge in [0, 0.05) is 6.61 Å². The fraction of sp³-hybridized carbons (Fsp3) is 0.294. The molecule has 0 N–H and O–H groups in total. The predicted octanol–water partition coefficient (Wildman–Crippen LogP) is 3.19. The van der Waals surface area contributed by atoms with E-state index in [1.54, 1.807) is 30.3 Å². The van der Waals surface area contributed by atoms with Crippen LogP contribution in [0, 0.1) is 5.82 Å². The number of benzene rings is 2. The minimum Gasteiger partial charge on any atom is -0.489 e. The van der Waals surface area contributed by atoms with Gasteiger partial charge < -0.3 is 9.47 Å². The van der Waals surface area contributed by atoms with Crippen LogP contribution in [0.25, 0.3) is 0 Å². The molecule has 1 aliphatic heterocycles. The molecule has 0 saturated carbocycles. The Bertz CT molecular complexity index is 751. The van der Waals surface area contributed by atoms with Gasteiger partial charge in [0.05, 0.1) is 4.90 Å². The zero-order valence-electron chi connectivity index (χ0n) is 12.4. The highest BCUT2D eigenvalue weighted by Crippen LogP contribution is 2.36. The van der Waals surface area contributed by atoms with Gasteiger partial charge in [0.2, 0.25) is 14.8 Å². The topological polar surface area (TPSA) is 52.6 Å². The van der Waals surface area contributed by atoms with Crippen molar-refractivity contribution in [1.82, 2.24) is 0 Å². The minimum absolute atomic E-state index is 0.129. The van der Waals surface area contributed by atoms with Crippen LogP contribution in [-0.2, 0) is 14.6 Å². The first-order valence-corrected chi connectivity index (χ1v) is 8.84. The zero-order valence-corrected chi connectivity index (χ0v) is 13.3. The Morgan fingerprint density at radius 2 is 1.78 bits per heavy atom. The quantitative estimate of drug-likeness (QED) is 0.841. The standard InChI is InChI=1S/C17H17FO4S/c18-14-7-9-15(10-8-14)21-13-17(11-4-12-22-17)23(19,20)16-5-2-1-3-6-16/h1-3,5-10H,4,11-13H2. The molecule has 0 radical (unpaired) electrons. The largest absolute Gasteiger partial charge is 0.489 e. The van der Waals surface area contributed by atoms with Crippen LogP contribution < -0.4 is 4.74 Å². The molecule has 0 spiro atoms. The first-order valence-electron chi connectivity index (χ1n) is 7.36. The number of hydrogen-bond donors (Lipinski definition) is 0. The molecule has 0 amide bonds. The number of hydrogen-bond acceptors (Lipinski definition) is 4. The normalized spacial score (nSPS) is 21.3. The van der Waals surface area contributed by atoms with Crippen LogP contribution in [0.15, 0.2) is 59.5 Å². The van der Waals surface area contributed by atoms with Crippen molar-refractivity contribution in [1.29, 1.82) is 0 Å². The third-order valence-corrected chi connectivity index (χ3v) is 6.19. The van der Waals surface area contributed by atoms with Crippen LogP contribution in [-0.4, -0.2) is 26.6 Å². The predicted molar refractivity (Wildman–Crippen MR) is 83.4 cm³/mol. The van der Waals surface area contributed by atoms with E-state index in [0.29, 0.717) is 25.2 Å². The van der Waals surface area contributed by atoms with Gasteiger partial charge in [0.25, 0.3) is 0 Å². The van der Waals surface area contributed by atoms with E-state index in [1.165, 1.54) is 24.3 Å². The lowest BCUT2D eigenvalue weighted by atomic mass is 10.2. The molecule has 0 aromatic heterocycles. The fourth-order valence-corrected chi connectivity index (χ4v) is 4.42. The Labute approximate surface area is 134 Å². The van der Waals surface area contributed by atoms with Gasteiger partial charge in [0.1, 0.15) is 18.2 Å². The molecule has 1 unspecified atom stereocenters. The maximum absolute atomic E-state index is 13.0. The van der Waals surface area contributed by atoms with Gasteiger partial charge in [-0.15, -0.1) is 0 Å². The Kier molecular flexibility index (Phi) is 4.37. The van der Waals surface area contributed by atoms with Crippen molar-refractivity contribution < 1.29 is 22.3 Å². The Morgan fingerprint density at radius 1 is 1.09 bits per heavy atom. The van der Waals surface area contributed by atoms with Crippen molar-refractivity contribution in [2.24, 2.45) is 0 Å². The highest BCUT2D eigenvalue weighted by atomic mass is 32.2. The summed E-state index contributed by atoms with van der Waals surface area (Å²) in [4.78, 5) is -1.19. The molecule has 3 rings (SSSR count). The van der Waals surface area contributed by atoms with Crippen molar-refractivity contribution in [3.05, 3.63) is 60.4 Å². The van der Waals surface area contributed by atoms with E-state index in [2.05, 4.69) is 0 Å². The second-order valence-electron chi connectivity index (χ2n) is 5.42. The summed E-state index contributed by atoms with van der Waals surface area (Å²) in [5.41, 5.74) is 0. The smallest absolute Gasteiger partial charge is 0.211 e. The van der Waals surface area contributed by atoms with Gasteiger partial charge in [0.15, 0.2) is 0 Å². The monoisotopic (exact) mass is 336 g/mol. The summed E-state index contributed by atoms with van der Waals surface area (Å²) in [7, 11) is -3.70. The molecule has 4 nitrogen and oxygen atoms in total. The van der Waals surface area contributed by atoms with Gasteiger partial charge in [-0.2, -0.15) is 0 Å². The van der Waals surface area contributed by atoms with E-state index < -0.39 is 14.8 Å². The van der Waals surface area contributed by atoms with Gasteiger partial charge in [-0.05, 0) is 49.2 Å². The lowest BCUT2D eigenvalue weighted by Gasteiger charge is -2.28. The summed E-state index contributed by atoms with van der Waals surface area (Å²) in [6.07, 6.45) is 1.02. The molecule has 122 valence electrons. The van der Waals surface area contributed by atoms with E-state index >= 15 is 0 Å². The number of rotatable bonds is 5. The molecule has 6 heteroatoms. The third-order valence-electron chi connectivity index (χ3n) is 3.88. The highest BCUT2D eigenvalue weighted by Gasteiger charge is 2.49. The molecule has 1 heterocycles. The minimum atomic E-state index is -3.70. The molecular formula is C17H17FO4S. The Balaban J connectivity index is 1.86. The number of halogens is 1. The SMILES string of the molecule is O=S(=O)(c1ccccc1)C1(COc2ccc(F)cc2)CCCO1. The van der Waals surface area contributed by atoms with Gasteiger partial charge in [-0.25, -0.2) is 12.8 Å². The summed E-state index contributed by atoms with van der Waals surface area (Å²) in [5, 5.41) is 0. The van der Waals surface area contributed by atoms with Gasteiger partial charge in [-0.1, -0.05) is 18.2 Å². The van der Waals surface area contributed by atoms with Crippen molar-refractivity contribution in [3.63, 3.8) is 0 Å². The van der Waals surface area contributed by atoms with Crippen LogP contribution in [0.2, 0.25) is 0 Å². The molecule has 0 bridgehead atoms.